The van der Waals surface area contributed by atoms with Gasteiger partial charge >= 0.3 is 0 Å². The third-order valence-corrected chi connectivity index (χ3v) is 5.08. The minimum Gasteiger partial charge on any atom is -0.497 e. The maximum absolute atomic E-state index is 12.5. The smallest absolute Gasteiger partial charge is 0.261 e. The molecule has 0 aliphatic rings. The fourth-order valence-electron chi connectivity index (χ4n) is 2.06. The van der Waals surface area contributed by atoms with E-state index in [1.807, 2.05) is 0 Å². The van der Waals surface area contributed by atoms with Gasteiger partial charge in [0.05, 0.1) is 12.0 Å². The number of hydrogen-bond donors (Lipinski definition) is 3. The van der Waals surface area contributed by atoms with Gasteiger partial charge in [-0.1, -0.05) is 13.8 Å². The normalized spacial score (nSPS) is 11.1. The van der Waals surface area contributed by atoms with E-state index in [2.05, 4.69) is 29.2 Å². The largest absolute Gasteiger partial charge is 0.497 e. The van der Waals surface area contributed by atoms with E-state index in [1.54, 1.807) is 43.5 Å². The molecule has 0 unspecified atom stereocenters. The standard InChI is InChI=1S/C18H23N3O3S2/c1-13(2)12-19-18(25)20-14-6-10-17(11-7-14)26(22,23)21-15-4-8-16(24-3)9-5-15/h4-11,13,21H,12H2,1-3H3,(H2,19,20,25). The van der Waals surface area contributed by atoms with Gasteiger partial charge < -0.3 is 15.4 Å². The van der Waals surface area contributed by atoms with Crippen molar-refractivity contribution >= 4 is 38.7 Å². The van der Waals surface area contributed by atoms with Gasteiger partial charge in [0.2, 0.25) is 0 Å². The molecule has 26 heavy (non-hydrogen) atoms. The molecule has 0 atom stereocenters. The fourth-order valence-corrected chi connectivity index (χ4v) is 3.32. The van der Waals surface area contributed by atoms with Crippen LogP contribution in [0.1, 0.15) is 13.8 Å². The van der Waals surface area contributed by atoms with Gasteiger partial charge in [-0.05, 0) is 66.7 Å². The number of nitrogens with one attached hydrogen (secondary N) is 3. The van der Waals surface area contributed by atoms with Gasteiger partial charge in [0.15, 0.2) is 5.11 Å². The molecule has 0 saturated heterocycles. The summed E-state index contributed by atoms with van der Waals surface area (Å²) in [6, 6.07) is 13.1. The number of methoxy groups -OCH3 is 1. The lowest BCUT2D eigenvalue weighted by Gasteiger charge is -2.13. The van der Waals surface area contributed by atoms with Crippen molar-refractivity contribution in [1.29, 1.82) is 0 Å². The predicted octanol–water partition coefficient (Wildman–Crippen LogP) is 3.44. The first-order chi connectivity index (χ1) is 12.3. The van der Waals surface area contributed by atoms with Crippen LogP contribution in [0, 0.1) is 5.92 Å². The molecule has 0 aliphatic heterocycles. The Morgan fingerprint density at radius 2 is 1.62 bits per heavy atom. The second-order valence-electron chi connectivity index (χ2n) is 6.09. The van der Waals surface area contributed by atoms with E-state index in [4.69, 9.17) is 17.0 Å². The zero-order chi connectivity index (χ0) is 19.2. The molecule has 0 spiro atoms. The fraction of sp³-hybridized carbons (Fsp3) is 0.278. The van der Waals surface area contributed by atoms with Crippen LogP contribution in [-0.4, -0.2) is 27.2 Å². The van der Waals surface area contributed by atoms with Crippen molar-refractivity contribution in [1.82, 2.24) is 5.32 Å². The molecule has 0 radical (unpaired) electrons. The summed E-state index contributed by atoms with van der Waals surface area (Å²) in [5.74, 6) is 1.14. The molecule has 140 valence electrons. The highest BCUT2D eigenvalue weighted by atomic mass is 32.2. The van der Waals surface area contributed by atoms with Gasteiger partial charge in [-0.3, -0.25) is 4.72 Å². The number of hydrogen-bond acceptors (Lipinski definition) is 4. The second-order valence-corrected chi connectivity index (χ2v) is 8.18. The Bertz CT molecular complexity index is 833. The van der Waals surface area contributed by atoms with Gasteiger partial charge in [0.1, 0.15) is 5.75 Å². The van der Waals surface area contributed by atoms with E-state index in [-0.39, 0.29) is 4.90 Å². The first-order valence-corrected chi connectivity index (χ1v) is 10.0. The lowest BCUT2D eigenvalue weighted by atomic mass is 10.2. The molecule has 2 aromatic carbocycles. The SMILES string of the molecule is COc1ccc(NS(=O)(=O)c2ccc(NC(=S)NCC(C)C)cc2)cc1. The highest BCUT2D eigenvalue weighted by Crippen LogP contribution is 2.20. The maximum atomic E-state index is 12.5. The highest BCUT2D eigenvalue weighted by molar-refractivity contribution is 7.92. The monoisotopic (exact) mass is 393 g/mol. The predicted molar refractivity (Wildman–Crippen MR) is 109 cm³/mol. The van der Waals surface area contributed by atoms with Crippen molar-refractivity contribution in [2.24, 2.45) is 5.92 Å². The summed E-state index contributed by atoms with van der Waals surface area (Å²) < 4.78 is 32.5. The Kier molecular flexibility index (Phi) is 6.82. The number of sulfonamides is 1. The molecule has 6 nitrogen and oxygen atoms in total. The molecular weight excluding hydrogens is 370 g/mol. The van der Waals surface area contributed by atoms with Gasteiger partial charge in [0, 0.05) is 17.9 Å². The zero-order valence-electron chi connectivity index (χ0n) is 14.9. The van der Waals surface area contributed by atoms with Gasteiger partial charge in [-0.2, -0.15) is 0 Å². The highest BCUT2D eigenvalue weighted by Gasteiger charge is 2.14. The molecule has 0 saturated carbocycles. The van der Waals surface area contributed by atoms with Crippen LogP contribution in [0.4, 0.5) is 11.4 Å². The lowest BCUT2D eigenvalue weighted by Crippen LogP contribution is -2.31. The average molecular weight is 394 g/mol. The maximum Gasteiger partial charge on any atom is 0.261 e. The molecule has 0 bridgehead atoms. The third-order valence-electron chi connectivity index (χ3n) is 3.44. The Morgan fingerprint density at radius 1 is 1.04 bits per heavy atom. The van der Waals surface area contributed by atoms with Gasteiger partial charge in [-0.15, -0.1) is 0 Å². The minimum atomic E-state index is -3.67. The van der Waals surface area contributed by atoms with Crippen molar-refractivity contribution in [2.45, 2.75) is 18.7 Å². The molecule has 3 N–H and O–H groups in total. The van der Waals surface area contributed by atoms with Crippen LogP contribution in [0.25, 0.3) is 0 Å². The summed E-state index contributed by atoms with van der Waals surface area (Å²) in [4.78, 5) is 0.167. The van der Waals surface area contributed by atoms with Crippen LogP contribution in [0.2, 0.25) is 0 Å². The molecular formula is C18H23N3O3S2. The number of ether oxygens (including phenoxy) is 1. The molecule has 2 rings (SSSR count). The Hall–Kier alpha value is -2.32. The Labute approximate surface area is 160 Å². The van der Waals surface area contributed by atoms with Crippen LogP contribution >= 0.6 is 12.2 Å². The van der Waals surface area contributed by atoms with Crippen LogP contribution in [0.5, 0.6) is 5.75 Å². The molecule has 0 aromatic heterocycles. The van der Waals surface area contributed by atoms with Crippen LogP contribution < -0.4 is 20.1 Å². The van der Waals surface area contributed by atoms with E-state index in [0.717, 1.165) is 12.2 Å². The summed E-state index contributed by atoms with van der Waals surface area (Å²) in [6.07, 6.45) is 0. The molecule has 0 aliphatic carbocycles. The summed E-state index contributed by atoms with van der Waals surface area (Å²) in [5, 5.41) is 6.63. The minimum absolute atomic E-state index is 0.167. The van der Waals surface area contributed by atoms with E-state index < -0.39 is 10.0 Å². The number of thiocarbonyl (C=S) groups is 1. The van der Waals surface area contributed by atoms with E-state index in [0.29, 0.717) is 22.5 Å². The molecule has 0 fully saturated rings. The Morgan fingerprint density at radius 3 is 2.15 bits per heavy atom. The zero-order valence-corrected chi connectivity index (χ0v) is 16.6. The number of rotatable bonds is 7. The lowest BCUT2D eigenvalue weighted by molar-refractivity contribution is 0.415. The van der Waals surface area contributed by atoms with Crippen LogP contribution in [0.3, 0.4) is 0 Å². The molecule has 8 heteroatoms. The van der Waals surface area contributed by atoms with Crippen molar-refractivity contribution in [3.8, 4) is 5.75 Å². The van der Waals surface area contributed by atoms with E-state index >= 15 is 0 Å². The van der Waals surface area contributed by atoms with Crippen molar-refractivity contribution in [3.05, 3.63) is 48.5 Å². The van der Waals surface area contributed by atoms with Crippen molar-refractivity contribution in [2.75, 3.05) is 23.7 Å². The quantitative estimate of drug-likeness (QED) is 0.626. The summed E-state index contributed by atoms with van der Waals surface area (Å²) in [5.41, 5.74) is 1.18. The Balaban J connectivity index is 2.02. The number of anilines is 2. The van der Waals surface area contributed by atoms with E-state index in [9.17, 15) is 8.42 Å². The van der Waals surface area contributed by atoms with Gasteiger partial charge in [0.25, 0.3) is 10.0 Å². The molecule has 2 aromatic rings. The van der Waals surface area contributed by atoms with Crippen molar-refractivity contribution in [3.63, 3.8) is 0 Å². The second kappa shape index (κ2) is 8.86. The van der Waals surface area contributed by atoms with E-state index in [1.165, 1.54) is 12.1 Å². The first kappa shape index (κ1) is 20.0. The summed E-state index contributed by atoms with van der Waals surface area (Å²) in [7, 11) is -2.11. The third kappa shape index (κ3) is 5.89. The topological polar surface area (TPSA) is 79.5 Å². The summed E-state index contributed by atoms with van der Waals surface area (Å²) >= 11 is 5.20. The molecule has 0 amide bonds. The summed E-state index contributed by atoms with van der Waals surface area (Å²) in [6.45, 7) is 4.94. The van der Waals surface area contributed by atoms with Crippen LogP contribution in [0.15, 0.2) is 53.4 Å². The van der Waals surface area contributed by atoms with Crippen molar-refractivity contribution < 1.29 is 13.2 Å². The van der Waals surface area contributed by atoms with Crippen LogP contribution in [-0.2, 0) is 10.0 Å². The number of benzene rings is 2. The molecule has 0 heterocycles. The first-order valence-electron chi connectivity index (χ1n) is 8.12. The van der Waals surface area contributed by atoms with Gasteiger partial charge in [-0.25, -0.2) is 8.42 Å². The average Bonchev–Trinajstić information content (AvgIpc) is 2.61.